The van der Waals surface area contributed by atoms with Crippen LogP contribution in [0.2, 0.25) is 10.0 Å². The molecule has 0 saturated heterocycles. The van der Waals surface area contributed by atoms with Gasteiger partial charge in [0.05, 0.1) is 10.0 Å². The van der Waals surface area contributed by atoms with E-state index < -0.39 is 11.9 Å². The van der Waals surface area contributed by atoms with Crippen molar-refractivity contribution in [2.24, 2.45) is 10.7 Å². The summed E-state index contributed by atoms with van der Waals surface area (Å²) in [5.74, 6) is -0.798. The monoisotopic (exact) mass is 301 g/mol. The van der Waals surface area contributed by atoms with Crippen molar-refractivity contribution in [1.29, 1.82) is 5.41 Å². The average Bonchev–Trinajstić information content (AvgIpc) is 2.35. The third-order valence-electron chi connectivity index (χ3n) is 2.13. The molecule has 1 unspecified atom stereocenters. The van der Waals surface area contributed by atoms with E-state index in [2.05, 4.69) is 15.8 Å². The van der Waals surface area contributed by atoms with Gasteiger partial charge >= 0.3 is 0 Å². The van der Waals surface area contributed by atoms with Crippen molar-refractivity contribution < 1.29 is 4.79 Å². The number of guanidine groups is 1. The molecule has 0 saturated carbocycles. The Balaban J connectivity index is 2.70. The van der Waals surface area contributed by atoms with Crippen molar-refractivity contribution in [3.63, 3.8) is 0 Å². The molecule has 0 bridgehead atoms. The van der Waals surface area contributed by atoms with Gasteiger partial charge in [0.15, 0.2) is 0 Å². The maximum atomic E-state index is 11.5. The van der Waals surface area contributed by atoms with Crippen LogP contribution in [0.5, 0.6) is 0 Å². The number of nitrogens with zero attached hydrogens (tertiary/aromatic N) is 1. The van der Waals surface area contributed by atoms with Crippen molar-refractivity contribution in [2.75, 3.05) is 0 Å². The van der Waals surface area contributed by atoms with Crippen LogP contribution < -0.4 is 16.6 Å². The molecule has 0 heterocycles. The van der Waals surface area contributed by atoms with E-state index >= 15 is 0 Å². The van der Waals surface area contributed by atoms with Gasteiger partial charge in [-0.3, -0.25) is 26.0 Å². The fraction of sp³-hybridized carbons (Fsp3) is 0.182. The Kier molecular flexibility index (Phi) is 5.59. The molecule has 102 valence electrons. The molecule has 0 fully saturated rings. The Morgan fingerprint density at radius 1 is 1.42 bits per heavy atom. The van der Waals surface area contributed by atoms with Crippen LogP contribution in [0.25, 0.3) is 0 Å². The highest BCUT2D eigenvalue weighted by Gasteiger charge is 2.11. The maximum Gasteiger partial charge on any atom is 0.262 e. The van der Waals surface area contributed by atoms with Gasteiger partial charge in [-0.1, -0.05) is 29.3 Å². The van der Waals surface area contributed by atoms with Crippen molar-refractivity contribution in [2.45, 2.75) is 13.0 Å². The van der Waals surface area contributed by atoms with Crippen LogP contribution in [-0.4, -0.2) is 24.1 Å². The summed E-state index contributed by atoms with van der Waals surface area (Å²) in [4.78, 5) is 15.6. The molecule has 6 nitrogen and oxygen atoms in total. The van der Waals surface area contributed by atoms with E-state index in [1.165, 1.54) is 6.21 Å². The van der Waals surface area contributed by atoms with Gasteiger partial charge < -0.3 is 5.73 Å². The highest BCUT2D eigenvalue weighted by atomic mass is 35.5. The van der Waals surface area contributed by atoms with Gasteiger partial charge in [-0.25, -0.2) is 0 Å². The maximum absolute atomic E-state index is 11.5. The Labute approximate surface area is 120 Å². The molecule has 1 rings (SSSR count). The fourth-order valence-corrected chi connectivity index (χ4v) is 1.62. The normalized spacial score (nSPS) is 12.2. The van der Waals surface area contributed by atoms with Crippen LogP contribution in [0.1, 0.15) is 12.5 Å². The molecule has 0 aliphatic rings. The van der Waals surface area contributed by atoms with E-state index in [-0.39, 0.29) is 5.96 Å². The smallest absolute Gasteiger partial charge is 0.262 e. The number of nitrogens with two attached hydrogens (primary N) is 1. The second-order valence-electron chi connectivity index (χ2n) is 3.62. The van der Waals surface area contributed by atoms with Gasteiger partial charge in [0.1, 0.15) is 6.04 Å². The summed E-state index contributed by atoms with van der Waals surface area (Å²) < 4.78 is 0. The number of carbonyl (C=O) groups is 1. The summed E-state index contributed by atoms with van der Waals surface area (Å²) in [5, 5.41) is 7.80. The van der Waals surface area contributed by atoms with E-state index in [0.717, 1.165) is 0 Å². The molecule has 1 atom stereocenters. The molecule has 8 heteroatoms. The van der Waals surface area contributed by atoms with Crippen LogP contribution in [0, 0.1) is 5.41 Å². The second kappa shape index (κ2) is 6.96. The summed E-state index contributed by atoms with van der Waals surface area (Å²) in [6, 6.07) is 4.39. The predicted molar refractivity (Wildman–Crippen MR) is 76.7 cm³/mol. The number of rotatable bonds is 3. The Bertz CT molecular complexity index is 498. The molecular formula is C11H13Cl2N5O. The molecule has 0 radical (unpaired) electrons. The summed E-state index contributed by atoms with van der Waals surface area (Å²) in [6.45, 7) is 1.58. The number of nitrogens with one attached hydrogen (secondary N) is 3. The first kappa shape index (κ1) is 15.3. The molecule has 1 aromatic rings. The van der Waals surface area contributed by atoms with Gasteiger partial charge in [0.25, 0.3) is 5.91 Å². The van der Waals surface area contributed by atoms with E-state index in [0.29, 0.717) is 15.6 Å². The number of halogens is 2. The largest absolute Gasteiger partial charge is 0.369 e. The fourth-order valence-electron chi connectivity index (χ4n) is 1.12. The first-order valence-electron chi connectivity index (χ1n) is 5.29. The standard InChI is InChI=1S/C11H13Cl2N5O/c1-6(10(19)17-18-11(14)15)16-5-7-8(12)3-2-4-9(7)13/h2-6H,1H3,(H,17,19)(H4,14,15,18). The number of benzene rings is 1. The molecule has 5 N–H and O–H groups in total. The van der Waals surface area contributed by atoms with Gasteiger partial charge in [0.2, 0.25) is 5.96 Å². The molecule has 0 aliphatic carbocycles. The van der Waals surface area contributed by atoms with E-state index in [9.17, 15) is 4.79 Å². The summed E-state index contributed by atoms with van der Waals surface area (Å²) >= 11 is 11.9. The molecule has 0 aliphatic heterocycles. The van der Waals surface area contributed by atoms with Crippen molar-refractivity contribution in [3.8, 4) is 0 Å². The minimum absolute atomic E-state index is 0.362. The Morgan fingerprint density at radius 2 is 2.00 bits per heavy atom. The first-order valence-corrected chi connectivity index (χ1v) is 6.04. The van der Waals surface area contributed by atoms with Gasteiger partial charge in [-0.15, -0.1) is 0 Å². The van der Waals surface area contributed by atoms with Crippen molar-refractivity contribution in [1.82, 2.24) is 10.9 Å². The SMILES string of the molecule is CC(N=Cc1c(Cl)cccc1Cl)C(=O)NNC(=N)N. The second-order valence-corrected chi connectivity index (χ2v) is 4.43. The number of amides is 1. The van der Waals surface area contributed by atoms with Crippen LogP contribution in [-0.2, 0) is 4.79 Å². The molecule has 0 aromatic heterocycles. The Morgan fingerprint density at radius 3 is 2.53 bits per heavy atom. The number of aliphatic imine (C=N–C) groups is 1. The lowest BCUT2D eigenvalue weighted by atomic mass is 10.2. The number of carbonyl (C=O) groups excluding carboxylic acids is 1. The highest BCUT2D eigenvalue weighted by Crippen LogP contribution is 2.22. The molecule has 1 aromatic carbocycles. The van der Waals surface area contributed by atoms with Crippen molar-refractivity contribution >= 4 is 41.3 Å². The van der Waals surface area contributed by atoms with Gasteiger partial charge in [-0.2, -0.15) is 0 Å². The number of hydrogen-bond donors (Lipinski definition) is 4. The lowest BCUT2D eigenvalue weighted by Crippen LogP contribution is -2.47. The summed E-state index contributed by atoms with van der Waals surface area (Å²) in [7, 11) is 0. The minimum Gasteiger partial charge on any atom is -0.369 e. The van der Waals surface area contributed by atoms with Crippen LogP contribution in [0.15, 0.2) is 23.2 Å². The zero-order valence-electron chi connectivity index (χ0n) is 10.1. The quantitative estimate of drug-likeness (QED) is 0.384. The number of hydrazine groups is 1. The third kappa shape index (κ3) is 4.76. The lowest BCUT2D eigenvalue weighted by molar-refractivity contribution is -0.122. The van der Waals surface area contributed by atoms with Crippen LogP contribution >= 0.6 is 23.2 Å². The van der Waals surface area contributed by atoms with Gasteiger partial charge in [0, 0.05) is 11.8 Å². The Hall–Kier alpha value is -1.79. The predicted octanol–water partition coefficient (Wildman–Crippen LogP) is 1.32. The topological polar surface area (TPSA) is 103 Å². The van der Waals surface area contributed by atoms with Crippen molar-refractivity contribution in [3.05, 3.63) is 33.8 Å². The van der Waals surface area contributed by atoms with Crippen LogP contribution in [0.4, 0.5) is 0 Å². The summed E-state index contributed by atoms with van der Waals surface area (Å²) in [6.07, 6.45) is 1.43. The van der Waals surface area contributed by atoms with E-state index in [1.54, 1.807) is 25.1 Å². The van der Waals surface area contributed by atoms with Gasteiger partial charge in [-0.05, 0) is 19.1 Å². The van der Waals surface area contributed by atoms with Crippen LogP contribution in [0.3, 0.4) is 0 Å². The number of hydrogen-bond acceptors (Lipinski definition) is 3. The third-order valence-corrected chi connectivity index (χ3v) is 2.79. The summed E-state index contributed by atoms with van der Waals surface area (Å²) in [5.41, 5.74) is 9.99. The zero-order valence-corrected chi connectivity index (χ0v) is 11.6. The molecule has 19 heavy (non-hydrogen) atoms. The zero-order chi connectivity index (χ0) is 14.4. The molecular weight excluding hydrogens is 289 g/mol. The molecule has 1 amide bonds. The minimum atomic E-state index is -0.681. The lowest BCUT2D eigenvalue weighted by Gasteiger charge is -2.09. The average molecular weight is 302 g/mol. The first-order chi connectivity index (χ1) is 8.91. The molecule has 0 spiro atoms. The van der Waals surface area contributed by atoms with E-state index in [1.807, 2.05) is 0 Å². The highest BCUT2D eigenvalue weighted by molar-refractivity contribution is 6.38. The van der Waals surface area contributed by atoms with E-state index in [4.69, 9.17) is 34.3 Å².